The smallest absolute Gasteiger partial charge is 0.328 e. The molecule has 0 bridgehead atoms. The van der Waals surface area contributed by atoms with Gasteiger partial charge in [-0.3, -0.25) is 24.7 Å². The molecule has 3 aromatic heterocycles. The van der Waals surface area contributed by atoms with Crippen LogP contribution in [0.1, 0.15) is 66.8 Å². The van der Waals surface area contributed by atoms with E-state index in [0.29, 0.717) is 24.7 Å². The van der Waals surface area contributed by atoms with Gasteiger partial charge in [-0.15, -0.1) is 0 Å². The van der Waals surface area contributed by atoms with Crippen molar-refractivity contribution in [1.82, 2.24) is 40.6 Å². The molecule has 4 amide bonds. The number of urea groups is 1. The van der Waals surface area contributed by atoms with Crippen molar-refractivity contribution in [3.05, 3.63) is 89.8 Å². The molecule has 4 fully saturated rings. The lowest BCUT2D eigenvalue weighted by molar-refractivity contribution is -0.120. The molecule has 15 heteroatoms. The van der Waals surface area contributed by atoms with Crippen LogP contribution in [0.25, 0.3) is 33.2 Å². The zero-order valence-electron chi connectivity index (χ0n) is 33.5. The Balaban J connectivity index is 0.754. The van der Waals surface area contributed by atoms with Crippen molar-refractivity contribution in [2.75, 3.05) is 67.1 Å². The van der Waals surface area contributed by atoms with E-state index < -0.39 is 0 Å². The summed E-state index contributed by atoms with van der Waals surface area (Å²) in [4.78, 5) is 63.1. The van der Waals surface area contributed by atoms with Gasteiger partial charge in [0.2, 0.25) is 5.91 Å². The van der Waals surface area contributed by atoms with Crippen LogP contribution in [-0.2, 0) is 10.2 Å². The minimum absolute atomic E-state index is 0.00570. The number of piperazine rings is 1. The minimum atomic E-state index is -0.378. The van der Waals surface area contributed by atoms with Crippen LogP contribution in [0.4, 0.5) is 21.9 Å². The zero-order valence-corrected chi connectivity index (χ0v) is 33.5. The molecule has 6 aromatic rings. The topological polar surface area (TPSA) is 169 Å². The number of amides is 4. The van der Waals surface area contributed by atoms with Crippen molar-refractivity contribution < 1.29 is 18.9 Å². The molecule has 4 aliphatic rings. The van der Waals surface area contributed by atoms with Crippen LogP contribution < -0.4 is 25.3 Å². The van der Waals surface area contributed by atoms with Gasteiger partial charge in [0.1, 0.15) is 12.0 Å². The molecule has 1 atom stereocenters. The number of benzene rings is 3. The van der Waals surface area contributed by atoms with Gasteiger partial charge in [-0.1, -0.05) is 30.3 Å². The molecule has 1 saturated carbocycles. The lowest BCUT2D eigenvalue weighted by Gasteiger charge is -2.45. The maximum atomic E-state index is 13.0. The molecule has 15 nitrogen and oxygen atoms in total. The average Bonchev–Trinajstić information content (AvgIpc) is 3.59. The van der Waals surface area contributed by atoms with Crippen LogP contribution >= 0.6 is 0 Å². The van der Waals surface area contributed by atoms with Crippen LogP contribution in [-0.4, -0.2) is 100 Å². The Kier molecular flexibility index (Phi) is 9.07. The number of carbonyl (C=O) groups is 3. The van der Waals surface area contributed by atoms with Gasteiger partial charge in [0, 0.05) is 104 Å². The maximum absolute atomic E-state index is 13.0. The number of fused-ring (bicyclic) bond motifs is 3. The van der Waals surface area contributed by atoms with Crippen molar-refractivity contribution in [3.63, 3.8) is 0 Å². The van der Waals surface area contributed by atoms with Crippen molar-refractivity contribution in [3.8, 4) is 11.3 Å². The monoisotopic (exact) mass is 793 g/mol. The summed E-state index contributed by atoms with van der Waals surface area (Å²) < 4.78 is 5.29. The number of imide groups is 1. The van der Waals surface area contributed by atoms with Crippen LogP contribution in [0.2, 0.25) is 0 Å². The summed E-state index contributed by atoms with van der Waals surface area (Å²) in [6.07, 6.45) is 3.94. The summed E-state index contributed by atoms with van der Waals surface area (Å²) in [6.45, 7) is 13.6. The second-order valence-corrected chi connectivity index (χ2v) is 16.9. The third-order valence-corrected chi connectivity index (χ3v) is 12.7. The number of nitrogens with one attached hydrogen (secondary N) is 3. The summed E-state index contributed by atoms with van der Waals surface area (Å²) in [6, 6.07) is 20.3. The molecule has 6 heterocycles. The molecule has 302 valence electrons. The van der Waals surface area contributed by atoms with Crippen LogP contribution in [0.15, 0.2) is 71.5 Å². The Morgan fingerprint density at radius 2 is 1.69 bits per heavy atom. The van der Waals surface area contributed by atoms with Crippen LogP contribution in [0, 0.1) is 12.8 Å². The lowest BCUT2D eigenvalue weighted by atomic mass is 9.97. The molecule has 3 aromatic carbocycles. The fourth-order valence-corrected chi connectivity index (χ4v) is 8.85. The number of aromatic nitrogens is 5. The van der Waals surface area contributed by atoms with E-state index in [0.717, 1.165) is 114 Å². The minimum Gasteiger partial charge on any atom is -0.371 e. The summed E-state index contributed by atoms with van der Waals surface area (Å²) in [7, 11) is 0. The van der Waals surface area contributed by atoms with E-state index in [1.54, 1.807) is 11.2 Å². The van der Waals surface area contributed by atoms with Crippen molar-refractivity contribution in [2.45, 2.75) is 51.5 Å². The molecule has 3 N–H and O–H groups in total. The molecule has 0 unspecified atom stereocenters. The maximum Gasteiger partial charge on any atom is 0.328 e. The quantitative estimate of drug-likeness (QED) is 0.155. The molecule has 0 radical (unpaired) electrons. The Morgan fingerprint density at radius 3 is 2.44 bits per heavy atom. The zero-order chi connectivity index (χ0) is 40.4. The predicted octanol–water partition coefficient (Wildman–Crippen LogP) is 5.72. The van der Waals surface area contributed by atoms with E-state index in [-0.39, 0.29) is 35.2 Å². The van der Waals surface area contributed by atoms with E-state index in [4.69, 9.17) is 9.51 Å². The molecule has 3 aliphatic heterocycles. The fraction of sp³-hybridized carbons (Fsp3) is 0.386. The number of aromatic amines is 1. The van der Waals surface area contributed by atoms with Gasteiger partial charge < -0.3 is 24.6 Å². The van der Waals surface area contributed by atoms with E-state index in [2.05, 4.69) is 94.8 Å². The molecule has 10 rings (SSSR count). The second-order valence-electron chi connectivity index (χ2n) is 16.9. The molecule has 1 aliphatic carbocycles. The number of anilines is 3. The van der Waals surface area contributed by atoms with Gasteiger partial charge in [-0.05, 0) is 80.3 Å². The Bertz CT molecular complexity index is 2600. The number of aryl methyl sites for hydroxylation is 1. The normalized spacial score (nSPS) is 18.9. The SMILES string of the molecule is Cc1cc(-c2ncnc3[nH]c4cc(N5CCN(CC6CN(c7ccc(N8CCC(=O)NC8=O)cc7)C6)CC5)ccc4c23)ccc1[C@@H](C)NC(=O)c1nc(C2(C)CC2)no1. The third-order valence-electron chi connectivity index (χ3n) is 12.7. The molecule has 0 spiro atoms. The average molecular weight is 794 g/mol. The predicted molar refractivity (Wildman–Crippen MR) is 225 cm³/mol. The highest BCUT2D eigenvalue weighted by Gasteiger charge is 2.44. The molecule has 59 heavy (non-hydrogen) atoms. The first-order chi connectivity index (χ1) is 28.6. The number of carbonyl (C=O) groups excluding carboxylic acids is 3. The Hall–Kier alpha value is -6.35. The van der Waals surface area contributed by atoms with Crippen molar-refractivity contribution in [2.24, 2.45) is 5.92 Å². The van der Waals surface area contributed by atoms with E-state index in [9.17, 15) is 14.4 Å². The van der Waals surface area contributed by atoms with E-state index in [1.807, 2.05) is 32.0 Å². The number of nitrogens with zero attached hydrogens (tertiary/aromatic N) is 8. The van der Waals surface area contributed by atoms with Gasteiger partial charge in [0.25, 0.3) is 0 Å². The summed E-state index contributed by atoms with van der Waals surface area (Å²) in [5, 5.41) is 11.5. The van der Waals surface area contributed by atoms with Gasteiger partial charge in [0.15, 0.2) is 5.82 Å². The van der Waals surface area contributed by atoms with Gasteiger partial charge in [-0.2, -0.15) is 4.98 Å². The number of H-pyrrole nitrogens is 1. The Morgan fingerprint density at radius 1 is 0.932 bits per heavy atom. The summed E-state index contributed by atoms with van der Waals surface area (Å²) in [5.74, 6) is 0.613. The third kappa shape index (κ3) is 7.02. The molecular weight excluding hydrogens is 747 g/mol. The standard InChI is InChI=1S/C44H47N11O4/c1-26-20-29(4-10-33(26)27(2)47-40(57)41-50-42(51-59-41)44(3)13-14-44)38-37-34-11-9-32(21-35(34)48-39(37)46-25-45-38)53-18-16-52(17-19-53)22-28-23-54(24-28)30-5-7-31(8-6-30)55-15-12-36(56)49-43(55)58/h4-11,20-21,25,27-28H,12-19,22-24H2,1-3H3,(H,47,57)(H,45,46,48)(H,49,56,58)/t27-/m1/s1. The van der Waals surface area contributed by atoms with Crippen LogP contribution in [0.3, 0.4) is 0 Å². The first kappa shape index (κ1) is 37.0. The van der Waals surface area contributed by atoms with E-state index in [1.165, 1.54) is 5.69 Å². The van der Waals surface area contributed by atoms with Gasteiger partial charge in [-0.25, -0.2) is 14.8 Å². The summed E-state index contributed by atoms with van der Waals surface area (Å²) in [5.41, 5.74) is 8.79. The fourth-order valence-electron chi connectivity index (χ4n) is 8.85. The largest absolute Gasteiger partial charge is 0.371 e. The molecule has 3 saturated heterocycles. The number of rotatable bonds is 10. The Labute approximate surface area is 341 Å². The highest BCUT2D eigenvalue weighted by molar-refractivity contribution is 6.12. The van der Waals surface area contributed by atoms with Crippen molar-refractivity contribution in [1.29, 1.82) is 0 Å². The number of hydrogen-bond donors (Lipinski definition) is 3. The lowest BCUT2D eigenvalue weighted by Crippen LogP contribution is -2.55. The highest BCUT2D eigenvalue weighted by atomic mass is 16.5. The van der Waals surface area contributed by atoms with Crippen molar-refractivity contribution >= 4 is 56.8 Å². The first-order valence-corrected chi connectivity index (χ1v) is 20.5. The number of hydrogen-bond acceptors (Lipinski definition) is 11. The summed E-state index contributed by atoms with van der Waals surface area (Å²) >= 11 is 0. The van der Waals surface area contributed by atoms with Crippen LogP contribution in [0.5, 0.6) is 0 Å². The first-order valence-electron chi connectivity index (χ1n) is 20.5. The van der Waals surface area contributed by atoms with Gasteiger partial charge in [0.05, 0.1) is 17.1 Å². The van der Waals surface area contributed by atoms with Gasteiger partial charge >= 0.3 is 17.8 Å². The van der Waals surface area contributed by atoms with E-state index >= 15 is 0 Å². The molecular formula is C44H47N11O4. The second kappa shape index (κ2) is 14.5. The highest BCUT2D eigenvalue weighted by Crippen LogP contribution is 2.46.